The van der Waals surface area contributed by atoms with Crippen LogP contribution in [0.4, 0.5) is 5.69 Å². The summed E-state index contributed by atoms with van der Waals surface area (Å²) in [5.74, 6) is -0.982. The first-order valence-electron chi connectivity index (χ1n) is 6.32. The highest BCUT2D eigenvalue weighted by atomic mass is 32.2. The number of carboxylic acids is 1. The zero-order valence-corrected chi connectivity index (χ0v) is 12.5. The van der Waals surface area contributed by atoms with Crippen LogP contribution in [0.3, 0.4) is 0 Å². The van der Waals surface area contributed by atoms with Crippen molar-refractivity contribution in [2.24, 2.45) is 0 Å². The van der Waals surface area contributed by atoms with Crippen molar-refractivity contribution in [3.63, 3.8) is 0 Å². The SMILES string of the molecule is CN(C)c1ccc([C@@H]2[NH2+][C@@H](C(=O)[O-])C(C)(C)S2)cc1. The molecule has 1 aliphatic rings. The molecular weight excluding hydrogens is 260 g/mol. The summed E-state index contributed by atoms with van der Waals surface area (Å²) in [4.78, 5) is 13.2. The molecule has 1 aromatic carbocycles. The first kappa shape index (κ1) is 14.2. The molecule has 0 bridgehead atoms. The van der Waals surface area contributed by atoms with E-state index in [-0.39, 0.29) is 10.1 Å². The molecule has 0 amide bonds. The molecule has 0 aliphatic carbocycles. The number of aliphatic carboxylic acids is 1. The van der Waals surface area contributed by atoms with Crippen molar-refractivity contribution >= 4 is 23.4 Å². The van der Waals surface area contributed by atoms with E-state index in [2.05, 4.69) is 24.3 Å². The van der Waals surface area contributed by atoms with Gasteiger partial charge in [0.15, 0.2) is 5.37 Å². The van der Waals surface area contributed by atoms with Gasteiger partial charge in [-0.05, 0) is 26.0 Å². The molecule has 1 saturated heterocycles. The molecule has 1 aromatic rings. The number of anilines is 1. The lowest BCUT2D eigenvalue weighted by Gasteiger charge is -2.21. The molecule has 19 heavy (non-hydrogen) atoms. The number of quaternary nitrogens is 1. The van der Waals surface area contributed by atoms with Crippen molar-refractivity contribution in [2.45, 2.75) is 30.0 Å². The van der Waals surface area contributed by atoms with Crippen molar-refractivity contribution < 1.29 is 15.2 Å². The van der Waals surface area contributed by atoms with E-state index in [1.54, 1.807) is 11.8 Å². The van der Waals surface area contributed by atoms with Crippen LogP contribution in [-0.2, 0) is 4.79 Å². The van der Waals surface area contributed by atoms with E-state index in [1.165, 1.54) is 0 Å². The second kappa shape index (κ2) is 5.06. The van der Waals surface area contributed by atoms with Gasteiger partial charge in [-0.15, -0.1) is 0 Å². The molecule has 0 unspecified atom stereocenters. The Labute approximate surface area is 118 Å². The molecular formula is C14H20N2O2S. The molecule has 0 aromatic heterocycles. The Balaban J connectivity index is 2.18. The zero-order chi connectivity index (χ0) is 14.2. The third-order valence-corrected chi connectivity index (χ3v) is 5.08. The van der Waals surface area contributed by atoms with Crippen LogP contribution in [0.15, 0.2) is 24.3 Å². The quantitative estimate of drug-likeness (QED) is 0.844. The molecule has 2 N–H and O–H groups in total. The van der Waals surface area contributed by atoms with Crippen molar-refractivity contribution in [3.8, 4) is 0 Å². The maximum Gasteiger partial charge on any atom is 0.160 e. The molecule has 1 fully saturated rings. The number of hydrogen-bond acceptors (Lipinski definition) is 4. The Morgan fingerprint density at radius 3 is 2.32 bits per heavy atom. The average molecular weight is 280 g/mol. The Morgan fingerprint density at radius 1 is 1.32 bits per heavy atom. The van der Waals surface area contributed by atoms with Gasteiger partial charge in [0.1, 0.15) is 12.0 Å². The Kier molecular flexibility index (Phi) is 3.78. The molecule has 104 valence electrons. The second-order valence-corrected chi connectivity index (χ2v) is 7.41. The van der Waals surface area contributed by atoms with E-state index in [4.69, 9.17) is 0 Å². The molecule has 0 radical (unpaired) electrons. The predicted molar refractivity (Wildman–Crippen MR) is 75.9 cm³/mol. The van der Waals surface area contributed by atoms with E-state index < -0.39 is 12.0 Å². The Morgan fingerprint density at radius 2 is 1.89 bits per heavy atom. The number of rotatable bonds is 3. The van der Waals surface area contributed by atoms with Crippen LogP contribution in [-0.4, -0.2) is 30.9 Å². The van der Waals surface area contributed by atoms with Gasteiger partial charge in [0.25, 0.3) is 0 Å². The smallest absolute Gasteiger partial charge is 0.160 e. The molecule has 0 saturated carbocycles. The van der Waals surface area contributed by atoms with Crippen LogP contribution in [0.1, 0.15) is 24.8 Å². The largest absolute Gasteiger partial charge is 0.544 e. The fourth-order valence-electron chi connectivity index (χ4n) is 2.35. The van der Waals surface area contributed by atoms with E-state index in [0.29, 0.717) is 0 Å². The summed E-state index contributed by atoms with van der Waals surface area (Å²) in [5, 5.41) is 13.2. The Bertz CT molecular complexity index is 471. The van der Waals surface area contributed by atoms with Crippen molar-refractivity contribution in [2.75, 3.05) is 19.0 Å². The second-order valence-electron chi connectivity index (χ2n) is 5.62. The number of thioether (sulfide) groups is 1. The highest BCUT2D eigenvalue weighted by molar-refractivity contribution is 8.00. The third kappa shape index (κ3) is 2.87. The van der Waals surface area contributed by atoms with Crippen molar-refractivity contribution in [1.29, 1.82) is 0 Å². The first-order chi connectivity index (χ1) is 8.81. The fourth-order valence-corrected chi connectivity index (χ4v) is 3.85. The normalized spacial score (nSPS) is 25.3. The van der Waals surface area contributed by atoms with Gasteiger partial charge in [0.2, 0.25) is 0 Å². The lowest BCUT2D eigenvalue weighted by Crippen LogP contribution is -2.92. The van der Waals surface area contributed by atoms with Gasteiger partial charge in [-0.2, -0.15) is 0 Å². The summed E-state index contributed by atoms with van der Waals surface area (Å²) < 4.78 is -0.316. The minimum atomic E-state index is -0.982. The maximum absolute atomic E-state index is 11.2. The lowest BCUT2D eigenvalue weighted by atomic mass is 10.0. The van der Waals surface area contributed by atoms with Gasteiger partial charge in [0, 0.05) is 25.3 Å². The molecule has 5 heteroatoms. The number of hydrogen-bond donors (Lipinski definition) is 1. The standard InChI is InChI=1S/C14H20N2O2S/c1-14(2)11(13(17)18)15-12(19-14)9-5-7-10(8-6-9)16(3)4/h5-8,11-12,15H,1-4H3,(H,17,18)/t11-,12+/m0/s1. The monoisotopic (exact) mass is 280 g/mol. The van der Waals surface area contributed by atoms with Gasteiger partial charge in [-0.3, -0.25) is 0 Å². The third-order valence-electron chi connectivity index (χ3n) is 3.54. The molecule has 1 aliphatic heterocycles. The van der Waals surface area contributed by atoms with Crippen LogP contribution in [0, 0.1) is 0 Å². The van der Waals surface area contributed by atoms with E-state index in [9.17, 15) is 9.90 Å². The van der Waals surface area contributed by atoms with Crippen LogP contribution in [0.2, 0.25) is 0 Å². The molecule has 2 atom stereocenters. The minimum Gasteiger partial charge on any atom is -0.544 e. The van der Waals surface area contributed by atoms with Crippen LogP contribution >= 0.6 is 11.8 Å². The van der Waals surface area contributed by atoms with Crippen LogP contribution in [0.5, 0.6) is 0 Å². The van der Waals surface area contributed by atoms with Gasteiger partial charge in [0.05, 0.1) is 4.75 Å². The van der Waals surface area contributed by atoms with Gasteiger partial charge in [-0.1, -0.05) is 23.9 Å². The van der Waals surface area contributed by atoms with Gasteiger partial charge in [-0.25, -0.2) is 0 Å². The van der Waals surface area contributed by atoms with Gasteiger partial charge < -0.3 is 20.1 Å². The summed E-state index contributed by atoms with van der Waals surface area (Å²) in [6, 6.07) is 7.75. The number of carboxylic acid groups (broad SMARTS) is 1. The Hall–Kier alpha value is -1.20. The van der Waals surface area contributed by atoms with Crippen molar-refractivity contribution in [3.05, 3.63) is 29.8 Å². The summed E-state index contributed by atoms with van der Waals surface area (Å²) in [6.45, 7) is 3.92. The number of nitrogens with two attached hydrogens (primary N) is 1. The van der Waals surface area contributed by atoms with E-state index >= 15 is 0 Å². The average Bonchev–Trinajstić information content (AvgIpc) is 2.65. The first-order valence-corrected chi connectivity index (χ1v) is 7.20. The number of benzene rings is 1. The minimum absolute atomic E-state index is 0.120. The van der Waals surface area contributed by atoms with Crippen LogP contribution < -0.4 is 15.3 Å². The van der Waals surface area contributed by atoms with Gasteiger partial charge >= 0.3 is 0 Å². The molecule has 1 heterocycles. The summed E-state index contributed by atoms with van der Waals surface area (Å²) in [6.07, 6.45) is 0. The molecule has 2 rings (SSSR count). The number of nitrogens with zero attached hydrogens (tertiary/aromatic N) is 1. The lowest BCUT2D eigenvalue weighted by molar-refractivity contribution is -0.695. The van der Waals surface area contributed by atoms with E-state index in [0.717, 1.165) is 11.3 Å². The van der Waals surface area contributed by atoms with Crippen LogP contribution in [0.25, 0.3) is 0 Å². The zero-order valence-electron chi connectivity index (χ0n) is 11.7. The summed E-state index contributed by atoms with van der Waals surface area (Å²) >= 11 is 1.68. The summed E-state index contributed by atoms with van der Waals surface area (Å²) in [7, 11) is 4.00. The maximum atomic E-state index is 11.2. The molecule has 4 nitrogen and oxygen atoms in total. The predicted octanol–water partition coefficient (Wildman–Crippen LogP) is -0.0415. The highest BCUT2D eigenvalue weighted by Gasteiger charge is 2.46. The molecule has 0 spiro atoms. The number of carbonyl (C=O) groups is 1. The topological polar surface area (TPSA) is 60.0 Å². The van der Waals surface area contributed by atoms with Crippen molar-refractivity contribution in [1.82, 2.24) is 0 Å². The highest BCUT2D eigenvalue weighted by Crippen LogP contribution is 2.40. The number of carbonyl (C=O) groups excluding carboxylic acids is 1. The van der Waals surface area contributed by atoms with E-state index in [1.807, 2.05) is 38.2 Å². The summed E-state index contributed by atoms with van der Waals surface area (Å²) in [5.41, 5.74) is 2.29. The fraction of sp³-hybridized carbons (Fsp3) is 0.500.